The summed E-state index contributed by atoms with van der Waals surface area (Å²) in [6.45, 7) is 6.08. The Hall–Kier alpha value is -0.660. The number of carbonyl (C=O) groups is 1. The molecule has 1 rings (SSSR count). The molecule has 18 heavy (non-hydrogen) atoms. The van der Waals surface area contributed by atoms with Crippen LogP contribution >= 0.6 is 0 Å². The maximum Gasteiger partial charge on any atom is 0.238 e. The molecule has 7 heteroatoms. The second-order valence-corrected chi connectivity index (χ2v) is 7.07. The van der Waals surface area contributed by atoms with Crippen LogP contribution in [-0.4, -0.2) is 49.7 Å². The molecule has 2 atom stereocenters. The van der Waals surface area contributed by atoms with Crippen LogP contribution < -0.4 is 5.73 Å². The molecule has 0 aromatic carbocycles. The van der Waals surface area contributed by atoms with Gasteiger partial charge in [-0.05, 0) is 19.3 Å². The van der Waals surface area contributed by atoms with Crippen molar-refractivity contribution in [1.29, 1.82) is 0 Å². The molecular weight excluding hydrogens is 256 g/mol. The van der Waals surface area contributed by atoms with Gasteiger partial charge < -0.3 is 10.5 Å². The number of nitrogens with two attached hydrogens (primary N) is 1. The standard InChI is InChI=1S/C11H22N2O4S/c1-8(2)4-7-18(15,16)13-5-6-17-9(3)10(13)11(12)14/h8-10H,4-7H2,1-3H3,(H2,12,14)/t9-,10+/m1/s1. The first-order valence-electron chi connectivity index (χ1n) is 6.16. The lowest BCUT2D eigenvalue weighted by Crippen LogP contribution is -2.58. The van der Waals surface area contributed by atoms with E-state index in [0.29, 0.717) is 18.9 Å². The van der Waals surface area contributed by atoms with Crippen LogP contribution in [0.5, 0.6) is 0 Å². The van der Waals surface area contributed by atoms with Gasteiger partial charge in [-0.2, -0.15) is 4.31 Å². The number of morpholine rings is 1. The average molecular weight is 278 g/mol. The summed E-state index contributed by atoms with van der Waals surface area (Å²) in [7, 11) is -3.45. The number of rotatable bonds is 5. The van der Waals surface area contributed by atoms with E-state index < -0.39 is 28.1 Å². The molecule has 1 aliphatic heterocycles. The number of hydrogen-bond donors (Lipinski definition) is 1. The Morgan fingerprint density at radius 1 is 1.50 bits per heavy atom. The number of nitrogens with zero attached hydrogens (tertiary/aromatic N) is 1. The normalized spacial score (nSPS) is 26.4. The van der Waals surface area contributed by atoms with Gasteiger partial charge in [-0.3, -0.25) is 4.79 Å². The van der Waals surface area contributed by atoms with Crippen molar-refractivity contribution in [2.24, 2.45) is 11.7 Å². The van der Waals surface area contributed by atoms with Crippen molar-refractivity contribution < 1.29 is 17.9 Å². The Labute approximate surface area is 109 Å². The molecule has 0 unspecified atom stereocenters. The van der Waals surface area contributed by atoms with Crippen LogP contribution in [0.3, 0.4) is 0 Å². The molecule has 0 radical (unpaired) electrons. The number of hydrogen-bond acceptors (Lipinski definition) is 4. The van der Waals surface area contributed by atoms with Crippen LogP contribution in [0.25, 0.3) is 0 Å². The topological polar surface area (TPSA) is 89.7 Å². The highest BCUT2D eigenvalue weighted by Crippen LogP contribution is 2.19. The second-order valence-electron chi connectivity index (χ2n) is 5.03. The first-order valence-corrected chi connectivity index (χ1v) is 7.77. The predicted molar refractivity (Wildman–Crippen MR) is 68.3 cm³/mol. The summed E-state index contributed by atoms with van der Waals surface area (Å²) in [4.78, 5) is 11.4. The molecule has 1 fully saturated rings. The van der Waals surface area contributed by atoms with Crippen LogP contribution in [-0.2, 0) is 19.6 Å². The van der Waals surface area contributed by atoms with Gasteiger partial charge in [0.25, 0.3) is 0 Å². The van der Waals surface area contributed by atoms with Gasteiger partial charge in [0, 0.05) is 6.54 Å². The van der Waals surface area contributed by atoms with Crippen molar-refractivity contribution in [3.63, 3.8) is 0 Å². The van der Waals surface area contributed by atoms with E-state index in [9.17, 15) is 13.2 Å². The maximum atomic E-state index is 12.2. The monoisotopic (exact) mass is 278 g/mol. The van der Waals surface area contributed by atoms with E-state index in [-0.39, 0.29) is 12.3 Å². The minimum atomic E-state index is -3.45. The summed E-state index contributed by atoms with van der Waals surface area (Å²) in [6.07, 6.45) is 0.0737. The number of primary amides is 1. The highest BCUT2D eigenvalue weighted by atomic mass is 32.2. The van der Waals surface area contributed by atoms with Gasteiger partial charge in [0.15, 0.2) is 0 Å². The lowest BCUT2D eigenvalue weighted by molar-refractivity contribution is -0.130. The molecule has 0 saturated carbocycles. The fraction of sp³-hybridized carbons (Fsp3) is 0.909. The van der Waals surface area contributed by atoms with Gasteiger partial charge in [0.05, 0.1) is 18.5 Å². The van der Waals surface area contributed by atoms with E-state index in [1.807, 2.05) is 13.8 Å². The third-order valence-corrected chi connectivity index (χ3v) is 4.93. The van der Waals surface area contributed by atoms with E-state index in [1.165, 1.54) is 4.31 Å². The maximum absolute atomic E-state index is 12.2. The zero-order valence-corrected chi connectivity index (χ0v) is 11.9. The molecule has 0 aliphatic carbocycles. The molecule has 1 saturated heterocycles. The molecule has 0 aromatic rings. The Balaban J connectivity index is 2.86. The number of amides is 1. The first kappa shape index (κ1) is 15.4. The summed E-state index contributed by atoms with van der Waals surface area (Å²) < 4.78 is 30.9. The average Bonchev–Trinajstić information content (AvgIpc) is 2.25. The summed E-state index contributed by atoms with van der Waals surface area (Å²) in [6, 6.07) is -0.893. The predicted octanol–water partition coefficient (Wildman–Crippen LogP) is -0.0631. The molecule has 1 heterocycles. The fourth-order valence-corrected chi connectivity index (χ4v) is 3.96. The van der Waals surface area contributed by atoms with Gasteiger partial charge in [-0.15, -0.1) is 0 Å². The summed E-state index contributed by atoms with van der Waals surface area (Å²) >= 11 is 0. The van der Waals surface area contributed by atoms with E-state index in [4.69, 9.17) is 10.5 Å². The van der Waals surface area contributed by atoms with E-state index in [0.717, 1.165) is 0 Å². The summed E-state index contributed by atoms with van der Waals surface area (Å²) in [5.74, 6) is -0.318. The van der Waals surface area contributed by atoms with Gasteiger partial charge in [0.1, 0.15) is 6.04 Å². The third-order valence-electron chi connectivity index (χ3n) is 3.05. The van der Waals surface area contributed by atoms with Gasteiger partial charge in [-0.1, -0.05) is 13.8 Å². The van der Waals surface area contributed by atoms with Crippen molar-refractivity contribution in [3.8, 4) is 0 Å². The molecular formula is C11H22N2O4S. The largest absolute Gasteiger partial charge is 0.375 e. The Morgan fingerprint density at radius 2 is 2.11 bits per heavy atom. The van der Waals surface area contributed by atoms with E-state index in [1.54, 1.807) is 6.92 Å². The summed E-state index contributed by atoms with van der Waals surface area (Å²) in [5, 5.41) is 0. The molecule has 1 aliphatic rings. The van der Waals surface area contributed by atoms with Crippen LogP contribution in [0.4, 0.5) is 0 Å². The summed E-state index contributed by atoms with van der Waals surface area (Å²) in [5.41, 5.74) is 5.28. The van der Waals surface area contributed by atoms with Crippen molar-refractivity contribution in [3.05, 3.63) is 0 Å². The van der Waals surface area contributed by atoms with E-state index >= 15 is 0 Å². The van der Waals surface area contributed by atoms with Gasteiger partial charge >= 0.3 is 0 Å². The highest BCUT2D eigenvalue weighted by Gasteiger charge is 2.40. The minimum absolute atomic E-state index is 0.0428. The van der Waals surface area contributed by atoms with Gasteiger partial charge in [0.2, 0.25) is 15.9 Å². The first-order chi connectivity index (χ1) is 8.25. The molecule has 0 bridgehead atoms. The molecule has 0 spiro atoms. The van der Waals surface area contributed by atoms with Crippen LogP contribution in [0.2, 0.25) is 0 Å². The number of sulfonamides is 1. The van der Waals surface area contributed by atoms with Crippen molar-refractivity contribution in [2.75, 3.05) is 18.9 Å². The lowest BCUT2D eigenvalue weighted by Gasteiger charge is -2.36. The molecule has 106 valence electrons. The second kappa shape index (κ2) is 5.99. The van der Waals surface area contributed by atoms with E-state index in [2.05, 4.69) is 0 Å². The smallest absolute Gasteiger partial charge is 0.238 e. The van der Waals surface area contributed by atoms with Crippen LogP contribution in [0.1, 0.15) is 27.2 Å². The van der Waals surface area contributed by atoms with Crippen LogP contribution in [0, 0.1) is 5.92 Å². The Kier molecular flexibility index (Phi) is 5.12. The Morgan fingerprint density at radius 3 is 2.61 bits per heavy atom. The SMILES string of the molecule is CC(C)CCS(=O)(=O)N1CCO[C@H](C)[C@H]1C(N)=O. The molecule has 1 amide bonds. The molecule has 2 N–H and O–H groups in total. The lowest BCUT2D eigenvalue weighted by atomic mass is 10.1. The Bertz CT molecular complexity index is 394. The number of carbonyl (C=O) groups excluding carboxylic acids is 1. The van der Waals surface area contributed by atoms with Crippen molar-refractivity contribution in [2.45, 2.75) is 39.3 Å². The zero-order chi connectivity index (χ0) is 13.9. The minimum Gasteiger partial charge on any atom is -0.375 e. The van der Waals surface area contributed by atoms with Crippen molar-refractivity contribution >= 4 is 15.9 Å². The van der Waals surface area contributed by atoms with Gasteiger partial charge in [-0.25, -0.2) is 8.42 Å². The quantitative estimate of drug-likeness (QED) is 0.762. The zero-order valence-electron chi connectivity index (χ0n) is 11.1. The fourth-order valence-electron chi connectivity index (χ4n) is 1.98. The number of ether oxygens (including phenoxy) is 1. The van der Waals surface area contributed by atoms with Crippen molar-refractivity contribution in [1.82, 2.24) is 4.31 Å². The third kappa shape index (κ3) is 3.66. The molecule has 0 aromatic heterocycles. The van der Waals surface area contributed by atoms with Crippen LogP contribution in [0.15, 0.2) is 0 Å². The highest BCUT2D eigenvalue weighted by molar-refractivity contribution is 7.89. The molecule has 6 nitrogen and oxygen atoms in total.